The maximum Gasteiger partial charge on any atom is 0.242 e. The van der Waals surface area contributed by atoms with Gasteiger partial charge in [-0.25, -0.2) is 13.1 Å². The molecule has 2 aromatic rings. The molecule has 0 bridgehead atoms. The summed E-state index contributed by atoms with van der Waals surface area (Å²) in [6.45, 7) is 0.232. The van der Waals surface area contributed by atoms with Crippen LogP contribution in [0.1, 0.15) is 10.6 Å². The lowest BCUT2D eigenvalue weighted by Crippen LogP contribution is -2.23. The average molecular weight is 392 g/mol. The van der Waals surface area contributed by atoms with Crippen LogP contribution in [0.15, 0.2) is 39.1 Å². The zero-order valence-corrected chi connectivity index (χ0v) is 14.1. The maximum atomic E-state index is 12.1. The van der Waals surface area contributed by atoms with E-state index in [4.69, 9.17) is 18.0 Å². The summed E-state index contributed by atoms with van der Waals surface area (Å²) >= 11 is 9.56. The predicted molar refractivity (Wildman–Crippen MR) is 86.2 cm³/mol. The summed E-state index contributed by atoms with van der Waals surface area (Å²) in [6.07, 6.45) is 1.24. The van der Waals surface area contributed by atoms with E-state index >= 15 is 0 Å². The number of halogens is 1. The number of pyridine rings is 1. The molecule has 0 aliphatic carbocycles. The first kappa shape index (κ1) is 15.5. The third-order valence-corrected chi connectivity index (χ3v) is 5.58. The van der Waals surface area contributed by atoms with Gasteiger partial charge in [-0.3, -0.25) is 4.98 Å². The quantitative estimate of drug-likeness (QED) is 0.761. The Morgan fingerprint density at radius 1 is 1.40 bits per heavy atom. The number of hydrogen-bond donors (Lipinski definition) is 2. The molecule has 2 aromatic heterocycles. The molecule has 0 atom stereocenters. The molecule has 0 unspecified atom stereocenters. The van der Waals surface area contributed by atoms with E-state index in [0.717, 1.165) is 8.66 Å². The van der Waals surface area contributed by atoms with Crippen molar-refractivity contribution in [3.63, 3.8) is 0 Å². The summed E-state index contributed by atoms with van der Waals surface area (Å²) in [6, 6.07) is 6.63. The Kier molecular flexibility index (Phi) is 4.86. The van der Waals surface area contributed by atoms with E-state index in [2.05, 4.69) is 25.6 Å². The Labute approximate surface area is 134 Å². The number of nitrogens with zero attached hydrogens (tertiary/aromatic N) is 1. The van der Waals surface area contributed by atoms with E-state index in [1.54, 1.807) is 0 Å². The lowest BCUT2D eigenvalue weighted by molar-refractivity contribution is 0.581. The number of thiophene rings is 1. The first-order valence-electron chi connectivity index (χ1n) is 5.38. The SMILES string of the molecule is NC(=S)c1ccc(S(=O)(=O)NCc2ccc(Br)s2)cn1. The van der Waals surface area contributed by atoms with Crippen LogP contribution in [0.3, 0.4) is 0 Å². The van der Waals surface area contributed by atoms with Crippen LogP contribution in [0.4, 0.5) is 0 Å². The summed E-state index contributed by atoms with van der Waals surface area (Å²) in [4.78, 5) is 5.03. The molecule has 0 radical (unpaired) electrons. The van der Waals surface area contributed by atoms with Crippen LogP contribution in [0, 0.1) is 0 Å². The highest BCUT2D eigenvalue weighted by Gasteiger charge is 2.15. The van der Waals surface area contributed by atoms with Gasteiger partial charge in [0.2, 0.25) is 10.0 Å². The number of thiocarbonyl (C=S) groups is 1. The normalized spacial score (nSPS) is 11.4. The van der Waals surface area contributed by atoms with Crippen molar-refractivity contribution in [3.8, 4) is 0 Å². The molecule has 0 saturated heterocycles. The molecule has 2 rings (SSSR count). The summed E-state index contributed by atoms with van der Waals surface area (Å²) in [5, 5.41) is 0. The standard InChI is InChI=1S/C11H10BrN3O2S3/c12-10-4-1-7(19-10)5-15-20(16,17)8-2-3-9(11(13)18)14-6-8/h1-4,6,15H,5H2,(H2,13,18). The smallest absolute Gasteiger partial charge is 0.242 e. The van der Waals surface area contributed by atoms with E-state index < -0.39 is 10.0 Å². The second-order valence-corrected chi connectivity index (χ2v) is 8.53. The molecule has 9 heteroatoms. The van der Waals surface area contributed by atoms with Crippen molar-refractivity contribution < 1.29 is 8.42 Å². The van der Waals surface area contributed by atoms with Gasteiger partial charge in [0.15, 0.2) is 0 Å². The Morgan fingerprint density at radius 2 is 2.15 bits per heavy atom. The fourth-order valence-electron chi connectivity index (χ4n) is 1.38. The fraction of sp³-hybridized carbons (Fsp3) is 0.0909. The Bertz CT molecular complexity index is 726. The van der Waals surface area contributed by atoms with Gasteiger partial charge in [0.25, 0.3) is 0 Å². The molecule has 106 valence electrons. The van der Waals surface area contributed by atoms with Crippen LogP contribution in [-0.2, 0) is 16.6 Å². The molecular formula is C11H10BrN3O2S3. The molecule has 0 aromatic carbocycles. The third-order valence-electron chi connectivity index (χ3n) is 2.36. The zero-order chi connectivity index (χ0) is 14.8. The van der Waals surface area contributed by atoms with Crippen LogP contribution >= 0.6 is 39.5 Å². The first-order valence-corrected chi connectivity index (χ1v) is 8.88. The predicted octanol–water partition coefficient (Wildman–Crippen LogP) is 2.02. The number of rotatable bonds is 5. The van der Waals surface area contributed by atoms with Crippen molar-refractivity contribution in [1.29, 1.82) is 0 Å². The van der Waals surface area contributed by atoms with Crippen LogP contribution in [0.25, 0.3) is 0 Å². The van der Waals surface area contributed by atoms with Gasteiger partial charge in [-0.05, 0) is 40.2 Å². The van der Waals surface area contributed by atoms with E-state index in [1.807, 2.05) is 12.1 Å². The van der Waals surface area contributed by atoms with E-state index in [9.17, 15) is 8.42 Å². The second-order valence-electron chi connectivity index (χ2n) is 3.77. The summed E-state index contributed by atoms with van der Waals surface area (Å²) in [5.41, 5.74) is 5.80. The molecule has 3 N–H and O–H groups in total. The number of nitrogens with one attached hydrogen (secondary N) is 1. The van der Waals surface area contributed by atoms with Gasteiger partial charge in [0.05, 0.1) is 9.48 Å². The average Bonchev–Trinajstić information content (AvgIpc) is 2.82. The van der Waals surface area contributed by atoms with E-state index in [1.165, 1.54) is 29.7 Å². The van der Waals surface area contributed by atoms with Crippen molar-refractivity contribution in [2.45, 2.75) is 11.4 Å². The molecule has 0 fully saturated rings. The lowest BCUT2D eigenvalue weighted by Gasteiger charge is -2.06. The molecule has 0 spiro atoms. The summed E-state index contributed by atoms with van der Waals surface area (Å²) < 4.78 is 27.6. The zero-order valence-electron chi connectivity index (χ0n) is 10.0. The van der Waals surface area contributed by atoms with Crippen LogP contribution in [-0.4, -0.2) is 18.4 Å². The van der Waals surface area contributed by atoms with E-state index in [-0.39, 0.29) is 16.4 Å². The molecule has 0 saturated carbocycles. The number of aromatic nitrogens is 1. The van der Waals surface area contributed by atoms with E-state index in [0.29, 0.717) is 5.69 Å². The van der Waals surface area contributed by atoms with Crippen molar-refractivity contribution in [2.24, 2.45) is 5.73 Å². The topological polar surface area (TPSA) is 85.1 Å². The number of nitrogens with two attached hydrogens (primary N) is 1. The Balaban J connectivity index is 2.11. The minimum absolute atomic E-state index is 0.0770. The molecule has 0 amide bonds. The molecule has 2 heterocycles. The highest BCUT2D eigenvalue weighted by Crippen LogP contribution is 2.22. The Hall–Kier alpha value is -0.870. The van der Waals surface area contributed by atoms with Crippen molar-refractivity contribution in [3.05, 3.63) is 44.8 Å². The summed E-state index contributed by atoms with van der Waals surface area (Å²) in [5.74, 6) is 0. The number of hydrogen-bond acceptors (Lipinski definition) is 5. The van der Waals surface area contributed by atoms with Crippen LogP contribution in [0.5, 0.6) is 0 Å². The van der Waals surface area contributed by atoms with Gasteiger partial charge in [-0.15, -0.1) is 11.3 Å². The highest BCUT2D eigenvalue weighted by molar-refractivity contribution is 9.11. The molecular weight excluding hydrogens is 382 g/mol. The number of sulfonamides is 1. The van der Waals surface area contributed by atoms with Gasteiger partial charge in [0, 0.05) is 17.6 Å². The second kappa shape index (κ2) is 6.27. The highest BCUT2D eigenvalue weighted by atomic mass is 79.9. The minimum atomic E-state index is -3.60. The largest absolute Gasteiger partial charge is 0.388 e. The molecule has 20 heavy (non-hydrogen) atoms. The minimum Gasteiger partial charge on any atom is -0.388 e. The lowest BCUT2D eigenvalue weighted by atomic mass is 10.3. The maximum absolute atomic E-state index is 12.1. The molecule has 0 aliphatic rings. The molecule has 0 aliphatic heterocycles. The van der Waals surface area contributed by atoms with Crippen molar-refractivity contribution >= 4 is 54.5 Å². The first-order chi connectivity index (χ1) is 9.38. The Morgan fingerprint density at radius 3 is 2.65 bits per heavy atom. The fourth-order valence-corrected chi connectivity index (χ4v) is 3.97. The van der Waals surface area contributed by atoms with Gasteiger partial charge in [0.1, 0.15) is 9.88 Å². The summed E-state index contributed by atoms with van der Waals surface area (Å²) in [7, 11) is -3.60. The van der Waals surface area contributed by atoms with Gasteiger partial charge < -0.3 is 5.73 Å². The van der Waals surface area contributed by atoms with Crippen LogP contribution < -0.4 is 10.5 Å². The van der Waals surface area contributed by atoms with Gasteiger partial charge in [-0.2, -0.15) is 0 Å². The van der Waals surface area contributed by atoms with Gasteiger partial charge >= 0.3 is 0 Å². The third kappa shape index (κ3) is 3.83. The van der Waals surface area contributed by atoms with Crippen LogP contribution in [0.2, 0.25) is 0 Å². The van der Waals surface area contributed by atoms with Gasteiger partial charge in [-0.1, -0.05) is 12.2 Å². The van der Waals surface area contributed by atoms with Crippen molar-refractivity contribution in [2.75, 3.05) is 0 Å². The monoisotopic (exact) mass is 391 g/mol. The van der Waals surface area contributed by atoms with Crippen molar-refractivity contribution in [1.82, 2.24) is 9.71 Å². The molecule has 5 nitrogen and oxygen atoms in total.